The van der Waals surface area contributed by atoms with Gasteiger partial charge in [-0.05, 0) is 30.3 Å². The molecule has 98 valence electrons. The van der Waals surface area contributed by atoms with Gasteiger partial charge < -0.3 is 5.73 Å². The van der Waals surface area contributed by atoms with Gasteiger partial charge in [-0.15, -0.1) is 0 Å². The largest absolute Gasteiger partial charge is 0.399 e. The number of rotatable bonds is 2. The van der Waals surface area contributed by atoms with E-state index >= 15 is 0 Å². The quantitative estimate of drug-likeness (QED) is 0.839. The number of carbonyl (C=O) groups is 1. The maximum absolute atomic E-state index is 12.4. The number of hydrogen-bond donors (Lipinski definition) is 1. The lowest BCUT2D eigenvalue weighted by molar-refractivity contribution is 0.253. The highest BCUT2D eigenvalue weighted by Crippen LogP contribution is 2.19. The second-order valence-corrected chi connectivity index (χ2v) is 4.33. The summed E-state index contributed by atoms with van der Waals surface area (Å²) in [5, 5.41) is 0. The number of carbonyl (C=O) groups excluding carboxylic acids is 1. The van der Waals surface area contributed by atoms with Gasteiger partial charge in [-0.25, -0.2) is 4.79 Å². The third kappa shape index (κ3) is 2.85. The molecule has 0 atom stereocenters. The molecule has 4 nitrogen and oxygen atoms in total. The molecule has 2 rings (SSSR count). The summed E-state index contributed by atoms with van der Waals surface area (Å²) in [6.07, 6.45) is 0. The Kier molecular flexibility index (Phi) is 3.71. The number of hydrogen-bond acceptors (Lipinski definition) is 2. The van der Waals surface area contributed by atoms with Gasteiger partial charge in [-0.3, -0.25) is 9.80 Å². The van der Waals surface area contributed by atoms with Crippen LogP contribution in [0.15, 0.2) is 54.6 Å². The van der Waals surface area contributed by atoms with Crippen molar-refractivity contribution in [2.75, 3.05) is 29.6 Å². The first-order valence-electron chi connectivity index (χ1n) is 6.01. The lowest BCUT2D eigenvalue weighted by Gasteiger charge is -2.25. The zero-order chi connectivity index (χ0) is 13.8. The molecule has 0 aromatic heterocycles. The number of nitrogens with two attached hydrogens (primary N) is 1. The fourth-order valence-electron chi connectivity index (χ4n) is 1.83. The van der Waals surface area contributed by atoms with Crippen LogP contribution >= 0.6 is 0 Å². The molecule has 0 saturated carbocycles. The standard InChI is InChI=1S/C15H17N3O/c1-17(13-8-4-3-5-9-13)15(19)18(2)14-10-6-7-12(16)11-14/h3-11H,16H2,1-2H3. The smallest absolute Gasteiger partial charge is 0.328 e. The number of amides is 2. The van der Waals surface area contributed by atoms with Crippen molar-refractivity contribution in [3.05, 3.63) is 54.6 Å². The highest BCUT2D eigenvalue weighted by molar-refractivity contribution is 6.02. The van der Waals surface area contributed by atoms with Crippen LogP contribution in [0.1, 0.15) is 0 Å². The van der Waals surface area contributed by atoms with Crippen LogP contribution < -0.4 is 15.5 Å². The molecule has 2 aromatic rings. The van der Waals surface area contributed by atoms with E-state index in [-0.39, 0.29) is 6.03 Å². The molecule has 0 fully saturated rings. The van der Waals surface area contributed by atoms with Crippen molar-refractivity contribution in [2.24, 2.45) is 0 Å². The van der Waals surface area contributed by atoms with Crippen LogP contribution in [-0.4, -0.2) is 20.1 Å². The molecule has 0 bridgehead atoms. The zero-order valence-electron chi connectivity index (χ0n) is 11.1. The van der Waals surface area contributed by atoms with Crippen molar-refractivity contribution in [3.8, 4) is 0 Å². The second kappa shape index (κ2) is 5.44. The molecule has 0 saturated heterocycles. The lowest BCUT2D eigenvalue weighted by atomic mass is 10.2. The van der Waals surface area contributed by atoms with Crippen molar-refractivity contribution in [3.63, 3.8) is 0 Å². The fourth-order valence-corrected chi connectivity index (χ4v) is 1.83. The Morgan fingerprint density at radius 1 is 0.895 bits per heavy atom. The average molecular weight is 255 g/mol. The second-order valence-electron chi connectivity index (χ2n) is 4.33. The minimum absolute atomic E-state index is 0.114. The van der Waals surface area contributed by atoms with Crippen molar-refractivity contribution in [1.29, 1.82) is 0 Å². The SMILES string of the molecule is CN(C(=O)N(C)c1cccc(N)c1)c1ccccc1. The van der Waals surface area contributed by atoms with Crippen molar-refractivity contribution in [1.82, 2.24) is 0 Å². The minimum atomic E-state index is -0.114. The van der Waals surface area contributed by atoms with Crippen molar-refractivity contribution < 1.29 is 4.79 Å². The molecule has 2 aromatic carbocycles. The Hall–Kier alpha value is -2.49. The first kappa shape index (κ1) is 13.0. The molecular formula is C15H17N3O. The first-order chi connectivity index (χ1) is 9.09. The maximum atomic E-state index is 12.4. The van der Waals surface area contributed by atoms with E-state index in [0.29, 0.717) is 5.69 Å². The molecule has 0 spiro atoms. The summed E-state index contributed by atoms with van der Waals surface area (Å²) in [6.45, 7) is 0. The first-order valence-corrected chi connectivity index (χ1v) is 6.01. The third-order valence-corrected chi connectivity index (χ3v) is 2.97. The number of benzene rings is 2. The molecule has 2 N–H and O–H groups in total. The fraction of sp³-hybridized carbons (Fsp3) is 0.133. The Bertz CT molecular complexity index is 569. The normalized spacial score (nSPS) is 10.0. The highest BCUT2D eigenvalue weighted by Gasteiger charge is 2.16. The molecule has 0 heterocycles. The van der Waals surface area contributed by atoms with Gasteiger partial charge in [0.25, 0.3) is 0 Å². The molecule has 0 aliphatic carbocycles. The van der Waals surface area contributed by atoms with Gasteiger partial charge in [0.1, 0.15) is 0 Å². The summed E-state index contributed by atoms with van der Waals surface area (Å²) in [5.74, 6) is 0. The number of anilines is 3. The van der Waals surface area contributed by atoms with Gasteiger partial charge in [0.2, 0.25) is 0 Å². The molecule has 0 unspecified atom stereocenters. The van der Waals surface area contributed by atoms with Crippen LogP contribution in [0.5, 0.6) is 0 Å². The summed E-state index contributed by atoms with van der Waals surface area (Å²) in [6, 6.07) is 16.7. The van der Waals surface area contributed by atoms with Gasteiger partial charge >= 0.3 is 6.03 Å². The van der Waals surface area contributed by atoms with Crippen LogP contribution in [0.2, 0.25) is 0 Å². The predicted octanol–water partition coefficient (Wildman–Crippen LogP) is 2.96. The number of para-hydroxylation sites is 1. The monoisotopic (exact) mass is 255 g/mol. The molecule has 0 aliphatic rings. The van der Waals surface area contributed by atoms with Gasteiger partial charge in [-0.1, -0.05) is 24.3 Å². The van der Waals surface area contributed by atoms with Gasteiger partial charge in [0, 0.05) is 31.2 Å². The lowest BCUT2D eigenvalue weighted by Crippen LogP contribution is -2.38. The van der Waals surface area contributed by atoms with Crippen LogP contribution in [0.25, 0.3) is 0 Å². The predicted molar refractivity (Wildman–Crippen MR) is 79.5 cm³/mol. The molecule has 0 aliphatic heterocycles. The van der Waals surface area contributed by atoms with Crippen LogP contribution in [-0.2, 0) is 0 Å². The van der Waals surface area contributed by atoms with Gasteiger partial charge in [-0.2, -0.15) is 0 Å². The van der Waals surface area contributed by atoms with E-state index in [2.05, 4.69) is 0 Å². The van der Waals surface area contributed by atoms with E-state index in [1.165, 1.54) is 0 Å². The molecular weight excluding hydrogens is 238 g/mol. The molecule has 0 radical (unpaired) electrons. The average Bonchev–Trinajstić information content (AvgIpc) is 2.46. The summed E-state index contributed by atoms with van der Waals surface area (Å²) >= 11 is 0. The molecule has 2 amide bonds. The van der Waals surface area contributed by atoms with E-state index in [1.54, 1.807) is 36.0 Å². The molecule has 19 heavy (non-hydrogen) atoms. The van der Waals surface area contributed by atoms with Gasteiger partial charge in [0.15, 0.2) is 0 Å². The Labute approximate surface area is 113 Å². The Morgan fingerprint density at radius 2 is 1.47 bits per heavy atom. The zero-order valence-corrected chi connectivity index (χ0v) is 11.1. The molecule has 4 heteroatoms. The van der Waals surface area contributed by atoms with E-state index < -0.39 is 0 Å². The Balaban J connectivity index is 2.20. The van der Waals surface area contributed by atoms with E-state index in [1.807, 2.05) is 42.5 Å². The van der Waals surface area contributed by atoms with E-state index in [9.17, 15) is 4.79 Å². The van der Waals surface area contributed by atoms with Crippen molar-refractivity contribution >= 4 is 23.1 Å². The highest BCUT2D eigenvalue weighted by atomic mass is 16.2. The number of nitrogen functional groups attached to an aromatic ring is 1. The number of nitrogens with zero attached hydrogens (tertiary/aromatic N) is 2. The van der Waals surface area contributed by atoms with Crippen molar-refractivity contribution in [2.45, 2.75) is 0 Å². The van der Waals surface area contributed by atoms with E-state index in [0.717, 1.165) is 11.4 Å². The maximum Gasteiger partial charge on any atom is 0.328 e. The minimum Gasteiger partial charge on any atom is -0.399 e. The number of urea groups is 1. The van der Waals surface area contributed by atoms with Crippen LogP contribution in [0.3, 0.4) is 0 Å². The van der Waals surface area contributed by atoms with E-state index in [4.69, 9.17) is 5.73 Å². The third-order valence-electron chi connectivity index (χ3n) is 2.97. The summed E-state index contributed by atoms with van der Waals surface area (Å²) in [5.41, 5.74) is 7.99. The van der Waals surface area contributed by atoms with Crippen LogP contribution in [0, 0.1) is 0 Å². The van der Waals surface area contributed by atoms with Gasteiger partial charge in [0.05, 0.1) is 0 Å². The Morgan fingerprint density at radius 3 is 2.11 bits per heavy atom. The summed E-state index contributed by atoms with van der Waals surface area (Å²) in [7, 11) is 3.48. The summed E-state index contributed by atoms with van der Waals surface area (Å²) in [4.78, 5) is 15.5. The topological polar surface area (TPSA) is 49.6 Å². The van der Waals surface area contributed by atoms with Crippen LogP contribution in [0.4, 0.5) is 21.9 Å². The summed E-state index contributed by atoms with van der Waals surface area (Å²) < 4.78 is 0.